The van der Waals surface area contributed by atoms with E-state index in [0.29, 0.717) is 17.1 Å². The van der Waals surface area contributed by atoms with Gasteiger partial charge in [0.05, 0.1) is 0 Å². The molecule has 2 rings (SSSR count). The van der Waals surface area contributed by atoms with E-state index in [1.54, 1.807) is 12.1 Å². The molecule has 4 nitrogen and oxygen atoms in total. The Morgan fingerprint density at radius 1 is 1.16 bits per heavy atom. The Bertz CT molecular complexity index is 569. The second-order valence-corrected chi connectivity index (χ2v) is 5.46. The lowest BCUT2D eigenvalue weighted by Crippen LogP contribution is -2.30. The molecule has 0 fully saturated rings. The molecule has 1 aromatic carbocycles. The number of hydrogen-bond donors (Lipinski definition) is 2. The van der Waals surface area contributed by atoms with Crippen molar-refractivity contribution in [2.45, 2.75) is 6.42 Å². The van der Waals surface area contributed by atoms with E-state index in [0.717, 1.165) is 16.5 Å². The van der Waals surface area contributed by atoms with E-state index in [2.05, 4.69) is 42.5 Å². The van der Waals surface area contributed by atoms with Crippen LogP contribution in [0.5, 0.6) is 0 Å². The van der Waals surface area contributed by atoms with Crippen LogP contribution in [0.3, 0.4) is 0 Å². The van der Waals surface area contributed by atoms with Gasteiger partial charge in [-0.25, -0.2) is 4.79 Å². The molecule has 0 saturated heterocycles. The van der Waals surface area contributed by atoms with E-state index in [1.165, 1.54) is 0 Å². The molecular formula is C13H12Br2N2O2. The van der Waals surface area contributed by atoms with Crippen LogP contribution in [0.4, 0.5) is 10.7 Å². The summed E-state index contributed by atoms with van der Waals surface area (Å²) in [5.41, 5.74) is 1.16. The molecule has 0 aliphatic heterocycles. The van der Waals surface area contributed by atoms with Crippen molar-refractivity contribution in [2.75, 3.05) is 11.9 Å². The van der Waals surface area contributed by atoms with Gasteiger partial charge in [0.2, 0.25) is 5.88 Å². The third-order valence-electron chi connectivity index (χ3n) is 2.45. The van der Waals surface area contributed by atoms with Gasteiger partial charge < -0.3 is 9.73 Å². The van der Waals surface area contributed by atoms with Crippen molar-refractivity contribution < 1.29 is 9.21 Å². The molecule has 2 N–H and O–H groups in total. The number of rotatable bonds is 4. The Morgan fingerprint density at radius 2 is 1.95 bits per heavy atom. The molecule has 0 aliphatic rings. The van der Waals surface area contributed by atoms with Crippen LogP contribution in [0.2, 0.25) is 0 Å². The summed E-state index contributed by atoms with van der Waals surface area (Å²) in [6.45, 7) is 0.552. The minimum Gasteiger partial charge on any atom is -0.434 e. The Balaban J connectivity index is 1.77. The summed E-state index contributed by atoms with van der Waals surface area (Å²) in [5, 5.41) is 5.38. The van der Waals surface area contributed by atoms with Crippen LogP contribution < -0.4 is 10.6 Å². The van der Waals surface area contributed by atoms with Gasteiger partial charge in [-0.3, -0.25) is 5.32 Å². The zero-order valence-electron chi connectivity index (χ0n) is 9.95. The number of nitrogens with one attached hydrogen (secondary N) is 2. The van der Waals surface area contributed by atoms with Crippen LogP contribution >= 0.6 is 31.9 Å². The number of anilines is 1. The largest absolute Gasteiger partial charge is 0.434 e. The van der Waals surface area contributed by atoms with Gasteiger partial charge in [-0.15, -0.1) is 0 Å². The van der Waals surface area contributed by atoms with Crippen molar-refractivity contribution in [1.29, 1.82) is 0 Å². The van der Waals surface area contributed by atoms with Crippen LogP contribution in [0.15, 0.2) is 50.0 Å². The second-order valence-electron chi connectivity index (χ2n) is 3.83. The zero-order chi connectivity index (χ0) is 13.7. The first-order valence-corrected chi connectivity index (χ1v) is 7.27. The highest BCUT2D eigenvalue weighted by Crippen LogP contribution is 2.18. The van der Waals surface area contributed by atoms with Crippen LogP contribution in [-0.2, 0) is 6.42 Å². The van der Waals surface area contributed by atoms with E-state index in [9.17, 15) is 4.79 Å². The molecule has 0 unspecified atom stereocenters. The van der Waals surface area contributed by atoms with Crippen LogP contribution in [0.25, 0.3) is 0 Å². The highest BCUT2D eigenvalue weighted by Gasteiger charge is 2.05. The number of amides is 2. The summed E-state index contributed by atoms with van der Waals surface area (Å²) >= 11 is 6.64. The summed E-state index contributed by atoms with van der Waals surface area (Å²) in [6, 6.07) is 11.1. The summed E-state index contributed by atoms with van der Waals surface area (Å²) < 4.78 is 6.80. The number of urea groups is 1. The molecular weight excluding hydrogens is 376 g/mol. The number of carbonyl (C=O) groups excluding carboxylic acids is 1. The topological polar surface area (TPSA) is 54.3 Å². The van der Waals surface area contributed by atoms with E-state index in [1.807, 2.05) is 24.3 Å². The first-order valence-electron chi connectivity index (χ1n) is 5.69. The minimum atomic E-state index is -0.283. The van der Waals surface area contributed by atoms with Crippen molar-refractivity contribution in [2.24, 2.45) is 0 Å². The Labute approximate surface area is 127 Å². The lowest BCUT2D eigenvalue weighted by atomic mass is 10.1. The molecule has 1 aromatic heterocycles. The smallest absolute Gasteiger partial charge is 0.321 e. The van der Waals surface area contributed by atoms with Crippen LogP contribution in [0.1, 0.15) is 5.56 Å². The number of benzene rings is 1. The molecule has 19 heavy (non-hydrogen) atoms. The van der Waals surface area contributed by atoms with Gasteiger partial charge >= 0.3 is 6.03 Å². The van der Waals surface area contributed by atoms with Gasteiger partial charge in [0.25, 0.3) is 0 Å². The maximum Gasteiger partial charge on any atom is 0.321 e. The fourth-order valence-corrected chi connectivity index (χ4v) is 2.34. The van der Waals surface area contributed by atoms with Crippen molar-refractivity contribution in [3.8, 4) is 0 Å². The molecule has 2 aromatic rings. The van der Waals surface area contributed by atoms with E-state index in [4.69, 9.17) is 4.42 Å². The number of carbonyl (C=O) groups is 1. The van der Waals surface area contributed by atoms with Gasteiger partial charge in [-0.05, 0) is 40.0 Å². The normalized spacial score (nSPS) is 10.2. The summed E-state index contributed by atoms with van der Waals surface area (Å²) in [4.78, 5) is 11.6. The monoisotopic (exact) mass is 386 g/mol. The molecule has 0 atom stereocenters. The third kappa shape index (κ3) is 4.40. The minimum absolute atomic E-state index is 0.283. The fourth-order valence-electron chi connectivity index (χ4n) is 1.55. The quantitative estimate of drug-likeness (QED) is 0.827. The van der Waals surface area contributed by atoms with Crippen LogP contribution in [-0.4, -0.2) is 12.6 Å². The lowest BCUT2D eigenvalue weighted by Gasteiger charge is -2.06. The molecule has 0 radical (unpaired) electrons. The molecule has 0 spiro atoms. The Kier molecular flexibility index (Phi) is 5.04. The average Bonchev–Trinajstić information content (AvgIpc) is 2.77. The van der Waals surface area contributed by atoms with Crippen molar-refractivity contribution in [3.63, 3.8) is 0 Å². The second kappa shape index (κ2) is 6.77. The highest BCUT2D eigenvalue weighted by molar-refractivity contribution is 9.10. The number of halogens is 2. The third-order valence-corrected chi connectivity index (χ3v) is 3.65. The van der Waals surface area contributed by atoms with E-state index in [-0.39, 0.29) is 6.03 Å². The van der Waals surface area contributed by atoms with Crippen molar-refractivity contribution in [1.82, 2.24) is 5.32 Å². The SMILES string of the molecule is O=C(NCCc1ccccc1Br)Nc1ccc(Br)o1. The Morgan fingerprint density at radius 3 is 2.63 bits per heavy atom. The molecule has 1 heterocycles. The fraction of sp³-hybridized carbons (Fsp3) is 0.154. The van der Waals surface area contributed by atoms with Gasteiger partial charge in [-0.1, -0.05) is 34.1 Å². The number of hydrogen-bond acceptors (Lipinski definition) is 2. The van der Waals surface area contributed by atoms with Gasteiger partial charge in [0.15, 0.2) is 4.67 Å². The summed E-state index contributed by atoms with van der Waals surface area (Å²) in [7, 11) is 0. The lowest BCUT2D eigenvalue weighted by molar-refractivity contribution is 0.251. The zero-order valence-corrected chi connectivity index (χ0v) is 13.1. The maximum absolute atomic E-state index is 11.6. The predicted molar refractivity (Wildman–Crippen MR) is 81.3 cm³/mol. The van der Waals surface area contributed by atoms with Gasteiger partial charge in [-0.2, -0.15) is 0 Å². The predicted octanol–water partition coefficient (Wildman–Crippen LogP) is 4.17. The van der Waals surface area contributed by atoms with Crippen molar-refractivity contribution in [3.05, 3.63) is 51.1 Å². The Hall–Kier alpha value is -1.27. The standard InChI is InChI=1S/C13H12Br2N2O2/c14-10-4-2-1-3-9(10)7-8-16-13(18)17-12-6-5-11(15)19-12/h1-6H,7-8H2,(H2,16,17,18). The van der Waals surface area contributed by atoms with Gasteiger partial charge in [0, 0.05) is 17.1 Å². The number of furan rings is 1. The highest BCUT2D eigenvalue weighted by atomic mass is 79.9. The van der Waals surface area contributed by atoms with E-state index >= 15 is 0 Å². The molecule has 0 saturated carbocycles. The maximum atomic E-state index is 11.6. The van der Waals surface area contributed by atoms with Crippen LogP contribution in [0, 0.1) is 0 Å². The van der Waals surface area contributed by atoms with Crippen molar-refractivity contribution >= 4 is 43.8 Å². The molecule has 0 aliphatic carbocycles. The summed E-state index contributed by atoms with van der Waals surface area (Å²) in [6.07, 6.45) is 0.761. The molecule has 100 valence electrons. The molecule has 6 heteroatoms. The molecule has 2 amide bonds. The average molecular weight is 388 g/mol. The first kappa shape index (κ1) is 14.1. The van der Waals surface area contributed by atoms with Gasteiger partial charge in [0.1, 0.15) is 0 Å². The summed E-state index contributed by atoms with van der Waals surface area (Å²) in [5.74, 6) is 0.408. The molecule has 0 bridgehead atoms. The van der Waals surface area contributed by atoms with E-state index < -0.39 is 0 Å². The first-order chi connectivity index (χ1) is 9.15.